The Kier molecular flexibility index (Phi) is 3.96. The summed E-state index contributed by atoms with van der Waals surface area (Å²) in [6.45, 7) is 0. The minimum absolute atomic E-state index is 0.0708. The van der Waals surface area contributed by atoms with E-state index in [0.717, 1.165) is 12.1 Å². The Morgan fingerprint density at radius 2 is 1.73 bits per heavy atom. The minimum Gasteiger partial charge on any atom is -0.259 e. The van der Waals surface area contributed by atoms with Gasteiger partial charge in [-0.25, -0.2) is 4.68 Å². The van der Waals surface area contributed by atoms with Crippen molar-refractivity contribution in [3.63, 3.8) is 0 Å². The second-order valence-electron chi connectivity index (χ2n) is 4.64. The van der Waals surface area contributed by atoms with Crippen molar-refractivity contribution in [2.75, 3.05) is 0 Å². The van der Waals surface area contributed by atoms with E-state index in [-0.39, 0.29) is 32.4 Å². The molecule has 0 fully saturated rings. The van der Waals surface area contributed by atoms with Crippen LogP contribution >= 0.6 is 34.8 Å². The van der Waals surface area contributed by atoms with Crippen molar-refractivity contribution < 1.29 is 17.4 Å². The lowest BCUT2D eigenvalue weighted by atomic mass is 10.2. The number of halogens is 6. The molecular weight excluding hydrogens is 384 g/mol. The minimum atomic E-state index is -4.56. The van der Waals surface area contributed by atoms with E-state index in [2.05, 4.69) is 5.10 Å². The summed E-state index contributed by atoms with van der Waals surface area (Å²) >= 11 is 18.0. The first-order valence-electron chi connectivity index (χ1n) is 5.86. The van der Waals surface area contributed by atoms with E-state index in [1.807, 2.05) is 0 Å². The quantitative estimate of drug-likeness (QED) is 0.714. The van der Waals surface area contributed by atoms with Crippen molar-refractivity contribution >= 4 is 45.6 Å². The van der Waals surface area contributed by atoms with Crippen LogP contribution in [0.1, 0.15) is 16.8 Å². The Morgan fingerprint density at radius 1 is 1.14 bits per heavy atom. The number of alkyl halides is 3. The smallest absolute Gasteiger partial charge is 0.259 e. The molecular formula is C12H6Cl3F3N2OS. The molecule has 2 heterocycles. The first-order valence-corrected chi connectivity index (χ1v) is 8.48. The Balaban J connectivity index is 2.15. The first-order chi connectivity index (χ1) is 10.2. The molecule has 2 aromatic rings. The average Bonchev–Trinajstić information content (AvgIpc) is 2.87. The molecule has 10 heteroatoms. The zero-order valence-corrected chi connectivity index (χ0v) is 13.6. The third kappa shape index (κ3) is 2.64. The lowest BCUT2D eigenvalue weighted by Gasteiger charge is -2.13. The zero-order valence-electron chi connectivity index (χ0n) is 10.5. The molecule has 1 aromatic carbocycles. The number of benzene rings is 1. The van der Waals surface area contributed by atoms with E-state index in [1.165, 1.54) is 4.68 Å². The van der Waals surface area contributed by atoms with Crippen LogP contribution in [0.25, 0.3) is 5.69 Å². The van der Waals surface area contributed by atoms with Gasteiger partial charge in [0.05, 0.1) is 32.8 Å². The molecule has 1 aliphatic rings. The van der Waals surface area contributed by atoms with Crippen molar-refractivity contribution in [2.24, 2.45) is 0 Å². The molecule has 0 N–H and O–H groups in total. The third-order valence-electron chi connectivity index (χ3n) is 3.16. The largest absolute Gasteiger partial charge is 0.416 e. The van der Waals surface area contributed by atoms with Gasteiger partial charge in [0.25, 0.3) is 0 Å². The maximum Gasteiger partial charge on any atom is 0.416 e. The molecule has 0 amide bonds. The molecule has 22 heavy (non-hydrogen) atoms. The van der Waals surface area contributed by atoms with Gasteiger partial charge in [0, 0.05) is 16.4 Å². The highest BCUT2D eigenvalue weighted by Crippen LogP contribution is 2.40. The van der Waals surface area contributed by atoms with Crippen LogP contribution in [-0.4, -0.2) is 14.0 Å². The van der Waals surface area contributed by atoms with E-state index >= 15 is 0 Å². The molecule has 0 saturated carbocycles. The van der Waals surface area contributed by atoms with Crippen LogP contribution in [0.5, 0.6) is 0 Å². The van der Waals surface area contributed by atoms with Gasteiger partial charge in [0.15, 0.2) is 0 Å². The van der Waals surface area contributed by atoms with Crippen LogP contribution in [-0.2, 0) is 28.5 Å². The van der Waals surface area contributed by atoms with Gasteiger partial charge < -0.3 is 0 Å². The molecule has 118 valence electrons. The fourth-order valence-electron chi connectivity index (χ4n) is 2.17. The highest BCUT2D eigenvalue weighted by Gasteiger charge is 2.33. The number of aromatic nitrogens is 2. The van der Waals surface area contributed by atoms with Crippen LogP contribution in [0.3, 0.4) is 0 Å². The summed E-state index contributed by atoms with van der Waals surface area (Å²) in [4.78, 5) is 0. The third-order valence-corrected chi connectivity index (χ3v) is 5.33. The molecule has 3 nitrogen and oxygen atoms in total. The summed E-state index contributed by atoms with van der Waals surface area (Å²) in [5.74, 6) is 0.502. The molecule has 0 bridgehead atoms. The summed E-state index contributed by atoms with van der Waals surface area (Å²) in [7, 11) is -1.06. The van der Waals surface area contributed by atoms with E-state index in [0.29, 0.717) is 11.3 Å². The number of rotatable bonds is 1. The maximum absolute atomic E-state index is 12.7. The van der Waals surface area contributed by atoms with Gasteiger partial charge in [0.2, 0.25) is 0 Å². The van der Waals surface area contributed by atoms with Gasteiger partial charge in [-0.3, -0.25) is 4.21 Å². The zero-order chi connectivity index (χ0) is 16.2. The summed E-state index contributed by atoms with van der Waals surface area (Å²) in [5, 5.41) is 3.89. The number of fused-ring (bicyclic) bond motifs is 1. The summed E-state index contributed by atoms with van der Waals surface area (Å²) in [6, 6.07) is 1.54. The van der Waals surface area contributed by atoms with Gasteiger partial charge in [-0.05, 0) is 12.1 Å². The molecule has 0 aliphatic carbocycles. The Hall–Kier alpha value is -0.760. The topological polar surface area (TPSA) is 34.9 Å². The van der Waals surface area contributed by atoms with Crippen molar-refractivity contribution in [3.05, 3.63) is 44.2 Å². The van der Waals surface area contributed by atoms with E-state index in [4.69, 9.17) is 34.8 Å². The van der Waals surface area contributed by atoms with Gasteiger partial charge in [0.1, 0.15) is 10.8 Å². The first kappa shape index (κ1) is 16.1. The Morgan fingerprint density at radius 3 is 2.23 bits per heavy atom. The highest BCUT2D eigenvalue weighted by atomic mass is 35.5. The van der Waals surface area contributed by atoms with Crippen molar-refractivity contribution in [3.8, 4) is 5.69 Å². The second-order valence-corrected chi connectivity index (χ2v) is 7.27. The van der Waals surface area contributed by atoms with Gasteiger partial charge in [-0.1, -0.05) is 34.8 Å². The summed E-state index contributed by atoms with van der Waals surface area (Å²) in [5.41, 5.74) is 0.257. The molecule has 0 spiro atoms. The van der Waals surface area contributed by atoms with Crippen molar-refractivity contribution in [1.29, 1.82) is 0 Å². The summed E-state index contributed by atoms with van der Waals surface area (Å²) < 4.78 is 50.9. The molecule has 0 saturated heterocycles. The normalized spacial score (nSPS) is 17.8. The maximum atomic E-state index is 12.7. The van der Waals surface area contributed by atoms with Gasteiger partial charge >= 0.3 is 6.18 Å². The van der Waals surface area contributed by atoms with Crippen LogP contribution < -0.4 is 0 Å². The van der Waals surface area contributed by atoms with Crippen LogP contribution in [0.4, 0.5) is 13.2 Å². The fourth-order valence-corrected chi connectivity index (χ4v) is 4.46. The molecule has 0 radical (unpaired) electrons. The van der Waals surface area contributed by atoms with Gasteiger partial charge in [-0.2, -0.15) is 18.3 Å². The standard InChI is InChI=1S/C12H6Cl3F3N2OS/c13-7-1-5(12(16,17)18)2-8(14)10(7)20-11(15)6-3-22(21)4-9(6)19-20/h1-2H,3-4H2. The van der Waals surface area contributed by atoms with E-state index < -0.39 is 22.5 Å². The van der Waals surface area contributed by atoms with Crippen molar-refractivity contribution in [2.45, 2.75) is 17.7 Å². The van der Waals surface area contributed by atoms with Crippen LogP contribution in [0.2, 0.25) is 15.2 Å². The predicted molar refractivity (Wildman–Crippen MR) is 79.1 cm³/mol. The lowest BCUT2D eigenvalue weighted by Crippen LogP contribution is -2.07. The summed E-state index contributed by atoms with van der Waals surface area (Å²) in [6.07, 6.45) is -4.56. The molecule has 1 unspecified atom stereocenters. The van der Waals surface area contributed by atoms with Crippen LogP contribution in [0.15, 0.2) is 12.1 Å². The fraction of sp³-hybridized carbons (Fsp3) is 0.250. The average molecular weight is 390 g/mol. The number of hydrogen-bond donors (Lipinski definition) is 0. The Labute approximate surface area is 140 Å². The SMILES string of the molecule is O=S1Cc2nn(-c3c(Cl)cc(C(F)(F)F)cc3Cl)c(Cl)c2C1. The van der Waals surface area contributed by atoms with Crippen LogP contribution in [0, 0.1) is 0 Å². The molecule has 1 atom stereocenters. The number of nitrogens with zero attached hydrogens (tertiary/aromatic N) is 2. The molecule has 3 rings (SSSR count). The Bertz CT molecular complexity index is 781. The van der Waals surface area contributed by atoms with Gasteiger partial charge in [-0.15, -0.1) is 0 Å². The molecule has 1 aromatic heterocycles. The molecule has 1 aliphatic heterocycles. The monoisotopic (exact) mass is 388 g/mol. The lowest BCUT2D eigenvalue weighted by molar-refractivity contribution is -0.137. The van der Waals surface area contributed by atoms with E-state index in [9.17, 15) is 17.4 Å². The number of hydrogen-bond acceptors (Lipinski definition) is 2. The highest BCUT2D eigenvalue weighted by molar-refractivity contribution is 7.83. The van der Waals surface area contributed by atoms with E-state index in [1.54, 1.807) is 0 Å². The van der Waals surface area contributed by atoms with Crippen molar-refractivity contribution in [1.82, 2.24) is 9.78 Å². The predicted octanol–water partition coefficient (Wildman–Crippen LogP) is 4.61. The second kappa shape index (κ2) is 5.40.